The SMILES string of the molecule is C=CCC(=N)C(=O)OCC(C)O[Si](C)(C)C=C. The van der Waals surface area contributed by atoms with Crippen molar-refractivity contribution in [3.8, 4) is 0 Å². The molecule has 0 aliphatic heterocycles. The minimum absolute atomic E-state index is 0.0903. The maximum absolute atomic E-state index is 11.3. The van der Waals surface area contributed by atoms with E-state index >= 15 is 0 Å². The Balaban J connectivity index is 4.04. The molecule has 0 aliphatic rings. The number of rotatable bonds is 8. The average molecular weight is 255 g/mol. The molecule has 1 atom stereocenters. The quantitative estimate of drug-likeness (QED) is 0.314. The molecule has 0 heterocycles. The Kier molecular flexibility index (Phi) is 6.68. The molecule has 5 heteroatoms. The van der Waals surface area contributed by atoms with E-state index in [9.17, 15) is 4.79 Å². The molecule has 0 rings (SSSR count). The van der Waals surface area contributed by atoms with Crippen molar-refractivity contribution in [1.29, 1.82) is 5.41 Å². The van der Waals surface area contributed by atoms with Crippen molar-refractivity contribution in [3.63, 3.8) is 0 Å². The Hall–Kier alpha value is -1.20. The second-order valence-electron chi connectivity index (χ2n) is 4.31. The Labute approximate surface area is 104 Å². The fourth-order valence-electron chi connectivity index (χ4n) is 1.11. The minimum atomic E-state index is -1.85. The number of allylic oxidation sites excluding steroid dienone is 1. The number of hydrogen-bond donors (Lipinski definition) is 1. The van der Waals surface area contributed by atoms with Gasteiger partial charge in [0.2, 0.25) is 8.32 Å². The van der Waals surface area contributed by atoms with Gasteiger partial charge in [0.1, 0.15) is 12.3 Å². The van der Waals surface area contributed by atoms with Crippen molar-refractivity contribution >= 4 is 20.0 Å². The molecule has 0 aromatic carbocycles. The Morgan fingerprint density at radius 2 is 2.06 bits per heavy atom. The normalized spacial score (nSPS) is 12.6. The second kappa shape index (κ2) is 7.19. The van der Waals surface area contributed by atoms with Gasteiger partial charge in [-0.2, -0.15) is 0 Å². The molecular formula is C12H21NO3Si. The fourth-order valence-corrected chi connectivity index (χ4v) is 2.31. The van der Waals surface area contributed by atoms with Crippen LogP contribution in [0.15, 0.2) is 24.9 Å². The maximum Gasteiger partial charge on any atom is 0.352 e. The lowest BCUT2D eigenvalue weighted by Gasteiger charge is -2.23. The third-order valence-electron chi connectivity index (χ3n) is 2.04. The van der Waals surface area contributed by atoms with Gasteiger partial charge in [0.15, 0.2) is 0 Å². The highest BCUT2D eigenvalue weighted by atomic mass is 28.4. The maximum atomic E-state index is 11.3. The van der Waals surface area contributed by atoms with Gasteiger partial charge in [-0.1, -0.05) is 11.8 Å². The first-order chi connectivity index (χ1) is 7.82. The summed E-state index contributed by atoms with van der Waals surface area (Å²) in [7, 11) is -1.85. The van der Waals surface area contributed by atoms with Crippen molar-refractivity contribution in [2.45, 2.75) is 32.5 Å². The van der Waals surface area contributed by atoms with Crippen molar-refractivity contribution in [2.24, 2.45) is 0 Å². The first-order valence-corrected chi connectivity index (χ1v) is 8.47. The molecule has 0 saturated carbocycles. The lowest BCUT2D eigenvalue weighted by Crippen LogP contribution is -2.35. The van der Waals surface area contributed by atoms with E-state index in [2.05, 4.69) is 13.2 Å². The Bertz CT molecular complexity index is 313. The smallest absolute Gasteiger partial charge is 0.352 e. The third-order valence-corrected chi connectivity index (χ3v) is 4.03. The summed E-state index contributed by atoms with van der Waals surface area (Å²) in [4.78, 5) is 11.3. The highest BCUT2D eigenvalue weighted by molar-refractivity contribution is 6.76. The fraction of sp³-hybridized carbons (Fsp3) is 0.500. The number of carbonyl (C=O) groups is 1. The van der Waals surface area contributed by atoms with Gasteiger partial charge in [-0.25, -0.2) is 4.79 Å². The van der Waals surface area contributed by atoms with Crippen LogP contribution in [-0.4, -0.2) is 32.7 Å². The van der Waals surface area contributed by atoms with Crippen molar-refractivity contribution in [2.75, 3.05) is 6.61 Å². The van der Waals surface area contributed by atoms with Crippen molar-refractivity contribution in [3.05, 3.63) is 24.9 Å². The zero-order valence-corrected chi connectivity index (χ0v) is 11.8. The van der Waals surface area contributed by atoms with Crippen molar-refractivity contribution in [1.82, 2.24) is 0 Å². The van der Waals surface area contributed by atoms with Gasteiger partial charge >= 0.3 is 5.97 Å². The summed E-state index contributed by atoms with van der Waals surface area (Å²) < 4.78 is 10.7. The number of esters is 1. The Morgan fingerprint density at radius 3 is 2.53 bits per heavy atom. The summed E-state index contributed by atoms with van der Waals surface area (Å²) in [6, 6.07) is 0. The van der Waals surface area contributed by atoms with Gasteiger partial charge in [-0.05, 0) is 20.0 Å². The molecule has 4 nitrogen and oxygen atoms in total. The number of carbonyl (C=O) groups excluding carboxylic acids is 1. The molecule has 0 aromatic rings. The standard InChI is InChI=1S/C12H21NO3Si/c1-6-8-11(13)12(14)15-9-10(3)16-17(4,5)7-2/h6-7,10,13H,1-2,8-9H2,3-5H3. The number of nitrogens with one attached hydrogen (secondary N) is 1. The van der Waals surface area contributed by atoms with Gasteiger partial charge in [0, 0.05) is 6.42 Å². The van der Waals surface area contributed by atoms with Gasteiger partial charge in [0.25, 0.3) is 0 Å². The highest BCUT2D eigenvalue weighted by Gasteiger charge is 2.21. The van der Waals surface area contributed by atoms with Crippen LogP contribution in [0, 0.1) is 5.41 Å². The van der Waals surface area contributed by atoms with Gasteiger partial charge < -0.3 is 9.16 Å². The monoisotopic (exact) mass is 255 g/mol. The number of ether oxygens (including phenoxy) is 1. The lowest BCUT2D eigenvalue weighted by molar-refractivity contribution is -0.138. The summed E-state index contributed by atoms with van der Waals surface area (Å²) in [5.41, 5.74) is 1.73. The minimum Gasteiger partial charge on any atom is -0.459 e. The zero-order chi connectivity index (χ0) is 13.5. The largest absolute Gasteiger partial charge is 0.459 e. The molecule has 0 fully saturated rings. The molecule has 0 spiro atoms. The molecular weight excluding hydrogens is 234 g/mol. The predicted octanol–water partition coefficient (Wildman–Crippen LogP) is 2.46. The van der Waals surface area contributed by atoms with E-state index in [1.54, 1.807) is 0 Å². The van der Waals surface area contributed by atoms with Crippen LogP contribution in [0.2, 0.25) is 13.1 Å². The topological polar surface area (TPSA) is 59.4 Å². The highest BCUT2D eigenvalue weighted by Crippen LogP contribution is 2.09. The van der Waals surface area contributed by atoms with Crippen LogP contribution < -0.4 is 0 Å². The molecule has 0 aromatic heterocycles. The van der Waals surface area contributed by atoms with Crippen LogP contribution >= 0.6 is 0 Å². The summed E-state index contributed by atoms with van der Waals surface area (Å²) in [5.74, 6) is -0.613. The van der Waals surface area contributed by atoms with Crippen molar-refractivity contribution < 1.29 is 14.0 Å². The summed E-state index contributed by atoms with van der Waals surface area (Å²) in [6.07, 6.45) is 1.54. The molecule has 1 unspecified atom stereocenters. The predicted molar refractivity (Wildman–Crippen MR) is 71.7 cm³/mol. The van der Waals surface area contributed by atoms with E-state index < -0.39 is 14.3 Å². The molecule has 0 radical (unpaired) electrons. The van der Waals surface area contributed by atoms with Crippen LogP contribution in [0.25, 0.3) is 0 Å². The van der Waals surface area contributed by atoms with E-state index in [0.29, 0.717) is 0 Å². The molecule has 0 amide bonds. The van der Waals surface area contributed by atoms with E-state index in [1.807, 2.05) is 25.7 Å². The summed E-state index contributed by atoms with van der Waals surface area (Å²) in [5, 5.41) is 7.36. The second-order valence-corrected chi connectivity index (χ2v) is 8.16. The lowest BCUT2D eigenvalue weighted by atomic mass is 10.3. The van der Waals surface area contributed by atoms with Gasteiger partial charge in [-0.15, -0.1) is 13.2 Å². The Morgan fingerprint density at radius 1 is 1.47 bits per heavy atom. The summed E-state index contributed by atoms with van der Waals surface area (Å²) in [6.45, 7) is 13.2. The van der Waals surface area contributed by atoms with Crippen LogP contribution in [0.1, 0.15) is 13.3 Å². The first kappa shape index (κ1) is 15.8. The number of hydrogen-bond acceptors (Lipinski definition) is 4. The van der Waals surface area contributed by atoms with E-state index in [1.165, 1.54) is 6.08 Å². The van der Waals surface area contributed by atoms with Crippen LogP contribution in [0.4, 0.5) is 0 Å². The van der Waals surface area contributed by atoms with Crippen LogP contribution in [-0.2, 0) is 14.0 Å². The zero-order valence-electron chi connectivity index (χ0n) is 10.8. The molecule has 1 N–H and O–H groups in total. The average Bonchev–Trinajstić information content (AvgIpc) is 2.25. The van der Waals surface area contributed by atoms with E-state index in [4.69, 9.17) is 14.6 Å². The molecule has 17 heavy (non-hydrogen) atoms. The third kappa shape index (κ3) is 6.86. The molecule has 96 valence electrons. The van der Waals surface area contributed by atoms with E-state index in [0.717, 1.165) is 0 Å². The first-order valence-electron chi connectivity index (χ1n) is 5.49. The summed E-state index contributed by atoms with van der Waals surface area (Å²) >= 11 is 0. The molecule has 0 bridgehead atoms. The van der Waals surface area contributed by atoms with Crippen LogP contribution in [0.5, 0.6) is 0 Å². The van der Waals surface area contributed by atoms with E-state index in [-0.39, 0.29) is 24.8 Å². The van der Waals surface area contributed by atoms with Gasteiger partial charge in [0.05, 0.1) is 6.10 Å². The van der Waals surface area contributed by atoms with Gasteiger partial charge in [-0.3, -0.25) is 5.41 Å². The molecule has 0 saturated heterocycles. The molecule has 0 aliphatic carbocycles. The van der Waals surface area contributed by atoms with Crippen LogP contribution in [0.3, 0.4) is 0 Å².